The van der Waals surface area contributed by atoms with E-state index in [1.165, 1.54) is 0 Å². The predicted molar refractivity (Wildman–Crippen MR) is 70.6 cm³/mol. The third-order valence-electron chi connectivity index (χ3n) is 2.49. The van der Waals surface area contributed by atoms with E-state index in [0.29, 0.717) is 0 Å². The number of hydrogen-bond acceptors (Lipinski definition) is 3. The fraction of sp³-hybridized carbons (Fsp3) is 0.0714. The van der Waals surface area contributed by atoms with Crippen LogP contribution in [-0.2, 0) is 9.63 Å². The summed E-state index contributed by atoms with van der Waals surface area (Å²) in [6.07, 6.45) is 0. The molecule has 0 heterocycles. The zero-order valence-electron chi connectivity index (χ0n) is 9.80. The standard InChI is InChI=1S/C14H14N2O2/c15-18-10-14(17)16-13-8-6-12(7-9-13)11-4-2-1-3-5-11/h1-9H,10,15H2,(H,16,17). The second kappa shape index (κ2) is 5.95. The van der Waals surface area contributed by atoms with Gasteiger partial charge in [-0.05, 0) is 23.3 Å². The molecule has 0 bridgehead atoms. The second-order valence-corrected chi connectivity index (χ2v) is 3.80. The number of rotatable bonds is 4. The van der Waals surface area contributed by atoms with E-state index in [0.717, 1.165) is 16.8 Å². The maximum atomic E-state index is 11.3. The largest absolute Gasteiger partial charge is 0.324 e. The number of benzene rings is 2. The van der Waals surface area contributed by atoms with Gasteiger partial charge in [0.2, 0.25) is 0 Å². The lowest BCUT2D eigenvalue weighted by molar-refractivity contribution is -0.120. The smallest absolute Gasteiger partial charge is 0.252 e. The molecule has 0 aliphatic heterocycles. The molecular weight excluding hydrogens is 228 g/mol. The Hall–Kier alpha value is -2.17. The van der Waals surface area contributed by atoms with Gasteiger partial charge >= 0.3 is 0 Å². The highest BCUT2D eigenvalue weighted by Crippen LogP contribution is 2.20. The topological polar surface area (TPSA) is 64.3 Å². The Bertz CT molecular complexity index is 509. The maximum Gasteiger partial charge on any atom is 0.252 e. The van der Waals surface area contributed by atoms with Gasteiger partial charge in [-0.3, -0.25) is 9.63 Å². The molecule has 0 fully saturated rings. The fourth-order valence-corrected chi connectivity index (χ4v) is 1.65. The van der Waals surface area contributed by atoms with E-state index in [1.54, 1.807) is 0 Å². The molecular formula is C14H14N2O2. The number of hydrogen-bond donors (Lipinski definition) is 2. The van der Waals surface area contributed by atoms with Crippen LogP contribution in [0.25, 0.3) is 11.1 Å². The van der Waals surface area contributed by atoms with Crippen molar-refractivity contribution in [3.05, 3.63) is 54.6 Å². The molecule has 0 atom stereocenters. The van der Waals surface area contributed by atoms with Gasteiger partial charge in [0.25, 0.3) is 5.91 Å². The Morgan fingerprint density at radius 3 is 2.22 bits per heavy atom. The molecule has 0 aromatic heterocycles. The van der Waals surface area contributed by atoms with Crippen molar-refractivity contribution < 1.29 is 9.63 Å². The van der Waals surface area contributed by atoms with E-state index in [4.69, 9.17) is 5.90 Å². The van der Waals surface area contributed by atoms with E-state index < -0.39 is 0 Å². The summed E-state index contributed by atoms with van der Waals surface area (Å²) in [4.78, 5) is 15.5. The lowest BCUT2D eigenvalue weighted by atomic mass is 10.1. The molecule has 18 heavy (non-hydrogen) atoms. The Morgan fingerprint density at radius 2 is 1.61 bits per heavy atom. The zero-order chi connectivity index (χ0) is 12.8. The second-order valence-electron chi connectivity index (χ2n) is 3.80. The van der Waals surface area contributed by atoms with Crippen LogP contribution in [0.5, 0.6) is 0 Å². The summed E-state index contributed by atoms with van der Waals surface area (Å²) in [7, 11) is 0. The molecule has 4 heteroatoms. The van der Waals surface area contributed by atoms with Crippen molar-refractivity contribution in [3.63, 3.8) is 0 Å². The Labute approximate surface area is 105 Å². The molecule has 4 nitrogen and oxygen atoms in total. The van der Waals surface area contributed by atoms with Crippen molar-refractivity contribution in [1.29, 1.82) is 0 Å². The Kier molecular flexibility index (Phi) is 4.06. The van der Waals surface area contributed by atoms with Crippen LogP contribution in [0.3, 0.4) is 0 Å². The highest BCUT2D eigenvalue weighted by molar-refractivity contribution is 5.91. The van der Waals surface area contributed by atoms with Crippen LogP contribution >= 0.6 is 0 Å². The van der Waals surface area contributed by atoms with Gasteiger partial charge in [-0.2, -0.15) is 0 Å². The molecule has 2 rings (SSSR count). The first kappa shape index (κ1) is 12.3. The molecule has 2 aromatic rings. The van der Waals surface area contributed by atoms with Crippen molar-refractivity contribution in [3.8, 4) is 11.1 Å². The molecule has 0 aliphatic carbocycles. The summed E-state index contributed by atoms with van der Waals surface area (Å²) in [5.41, 5.74) is 2.96. The lowest BCUT2D eigenvalue weighted by Gasteiger charge is -2.06. The van der Waals surface area contributed by atoms with Crippen LogP contribution in [0.1, 0.15) is 0 Å². The van der Waals surface area contributed by atoms with Gasteiger partial charge < -0.3 is 5.32 Å². The van der Waals surface area contributed by atoms with Gasteiger partial charge in [-0.25, -0.2) is 5.90 Å². The van der Waals surface area contributed by atoms with Crippen LogP contribution in [0.4, 0.5) is 5.69 Å². The first-order chi connectivity index (χ1) is 8.79. The van der Waals surface area contributed by atoms with Crippen molar-refractivity contribution in [2.45, 2.75) is 0 Å². The summed E-state index contributed by atoms with van der Waals surface area (Å²) in [6, 6.07) is 17.6. The quantitative estimate of drug-likeness (QED) is 0.808. The number of carbonyl (C=O) groups excluding carboxylic acids is 1. The van der Waals surface area contributed by atoms with Crippen molar-refractivity contribution in [2.24, 2.45) is 5.90 Å². The van der Waals surface area contributed by atoms with Crippen LogP contribution in [0.15, 0.2) is 54.6 Å². The molecule has 3 N–H and O–H groups in total. The number of nitrogens with one attached hydrogen (secondary N) is 1. The molecule has 0 saturated heterocycles. The number of anilines is 1. The van der Waals surface area contributed by atoms with Crippen LogP contribution in [0.2, 0.25) is 0 Å². The first-order valence-corrected chi connectivity index (χ1v) is 5.56. The van der Waals surface area contributed by atoms with E-state index in [2.05, 4.69) is 10.2 Å². The van der Waals surface area contributed by atoms with Crippen molar-refractivity contribution in [2.75, 3.05) is 11.9 Å². The molecule has 0 spiro atoms. The minimum atomic E-state index is -0.273. The summed E-state index contributed by atoms with van der Waals surface area (Å²) in [6.45, 7) is -0.152. The zero-order valence-corrected chi connectivity index (χ0v) is 9.80. The van der Waals surface area contributed by atoms with E-state index >= 15 is 0 Å². The fourth-order valence-electron chi connectivity index (χ4n) is 1.65. The molecule has 92 valence electrons. The predicted octanol–water partition coefficient (Wildman–Crippen LogP) is 2.18. The van der Waals surface area contributed by atoms with Crippen LogP contribution in [-0.4, -0.2) is 12.5 Å². The molecule has 0 radical (unpaired) electrons. The molecule has 1 amide bonds. The van der Waals surface area contributed by atoms with Gasteiger partial charge in [0.05, 0.1) is 0 Å². The Balaban J connectivity index is 2.09. The summed E-state index contributed by atoms with van der Waals surface area (Å²) in [5.74, 6) is 4.55. The normalized spacial score (nSPS) is 10.1. The third-order valence-corrected chi connectivity index (χ3v) is 2.49. The van der Waals surface area contributed by atoms with Gasteiger partial charge in [0.1, 0.15) is 6.61 Å². The van der Waals surface area contributed by atoms with Crippen molar-refractivity contribution in [1.82, 2.24) is 0 Å². The average molecular weight is 242 g/mol. The number of nitrogens with two attached hydrogens (primary N) is 1. The summed E-state index contributed by atoms with van der Waals surface area (Å²) in [5, 5.41) is 2.68. The van der Waals surface area contributed by atoms with Crippen molar-refractivity contribution >= 4 is 11.6 Å². The molecule has 0 unspecified atom stereocenters. The molecule has 0 saturated carbocycles. The third kappa shape index (κ3) is 3.16. The van der Waals surface area contributed by atoms with Gasteiger partial charge in [0.15, 0.2) is 0 Å². The first-order valence-electron chi connectivity index (χ1n) is 5.56. The van der Waals surface area contributed by atoms with E-state index in [1.807, 2.05) is 54.6 Å². The van der Waals surface area contributed by atoms with Gasteiger partial charge in [-0.1, -0.05) is 42.5 Å². The maximum absolute atomic E-state index is 11.3. The monoisotopic (exact) mass is 242 g/mol. The van der Waals surface area contributed by atoms with Crippen LogP contribution in [0, 0.1) is 0 Å². The highest BCUT2D eigenvalue weighted by Gasteiger charge is 2.02. The van der Waals surface area contributed by atoms with Crippen LogP contribution < -0.4 is 11.2 Å². The SMILES string of the molecule is NOCC(=O)Nc1ccc(-c2ccccc2)cc1. The Morgan fingerprint density at radius 1 is 1.00 bits per heavy atom. The highest BCUT2D eigenvalue weighted by atomic mass is 16.6. The number of carbonyl (C=O) groups is 1. The number of amides is 1. The minimum Gasteiger partial charge on any atom is -0.324 e. The molecule has 2 aromatic carbocycles. The van der Waals surface area contributed by atoms with E-state index in [9.17, 15) is 4.79 Å². The lowest BCUT2D eigenvalue weighted by Crippen LogP contribution is -2.20. The van der Waals surface area contributed by atoms with Gasteiger partial charge in [0, 0.05) is 5.69 Å². The summed E-state index contributed by atoms with van der Waals surface area (Å²) < 4.78 is 0. The van der Waals surface area contributed by atoms with Gasteiger partial charge in [-0.15, -0.1) is 0 Å². The molecule has 0 aliphatic rings. The average Bonchev–Trinajstić information content (AvgIpc) is 2.41. The summed E-state index contributed by atoms with van der Waals surface area (Å²) >= 11 is 0. The minimum absolute atomic E-state index is 0.152. The van der Waals surface area contributed by atoms with E-state index in [-0.39, 0.29) is 12.5 Å².